The van der Waals surface area contributed by atoms with Gasteiger partial charge in [0.05, 0.1) is 15.6 Å². The third-order valence-corrected chi connectivity index (χ3v) is 3.28. The predicted molar refractivity (Wildman–Crippen MR) is 76.4 cm³/mol. The quantitative estimate of drug-likeness (QED) is 0.876. The molecule has 1 N–H and O–H groups in total. The maximum absolute atomic E-state index is 12.0. The fourth-order valence-corrected chi connectivity index (χ4v) is 2.27. The van der Waals surface area contributed by atoms with E-state index in [-0.39, 0.29) is 5.56 Å². The highest BCUT2D eigenvalue weighted by molar-refractivity contribution is 9.10. The molecule has 2 aromatic rings. The SMILES string of the molecule is O=C(Nc1cc(Br)ccn1)c1c(Cl)cccc1Cl. The molecule has 1 aromatic carbocycles. The number of hydrogen-bond donors (Lipinski definition) is 1. The number of hydrogen-bond acceptors (Lipinski definition) is 2. The summed E-state index contributed by atoms with van der Waals surface area (Å²) in [4.78, 5) is 16.0. The Morgan fingerprint density at radius 3 is 2.50 bits per heavy atom. The molecule has 6 heteroatoms. The fourth-order valence-electron chi connectivity index (χ4n) is 1.37. The van der Waals surface area contributed by atoms with E-state index in [4.69, 9.17) is 23.2 Å². The number of carbonyl (C=O) groups excluding carboxylic acids is 1. The van der Waals surface area contributed by atoms with E-state index in [1.807, 2.05) is 0 Å². The van der Waals surface area contributed by atoms with Gasteiger partial charge < -0.3 is 5.32 Å². The molecule has 0 bridgehead atoms. The number of nitrogens with zero attached hydrogens (tertiary/aromatic N) is 1. The number of rotatable bonds is 2. The highest BCUT2D eigenvalue weighted by atomic mass is 79.9. The second kappa shape index (κ2) is 5.69. The van der Waals surface area contributed by atoms with Gasteiger partial charge in [-0.3, -0.25) is 4.79 Å². The largest absolute Gasteiger partial charge is 0.306 e. The lowest BCUT2D eigenvalue weighted by Crippen LogP contribution is -2.14. The molecule has 0 unspecified atom stereocenters. The molecule has 0 saturated carbocycles. The van der Waals surface area contributed by atoms with E-state index in [9.17, 15) is 4.79 Å². The third-order valence-electron chi connectivity index (χ3n) is 2.15. The van der Waals surface area contributed by atoms with Gasteiger partial charge in [0.1, 0.15) is 5.82 Å². The summed E-state index contributed by atoms with van der Waals surface area (Å²) in [6.45, 7) is 0. The minimum atomic E-state index is -0.392. The van der Waals surface area contributed by atoms with Gasteiger partial charge in [-0.15, -0.1) is 0 Å². The number of carbonyl (C=O) groups is 1. The molecule has 1 amide bonds. The van der Waals surface area contributed by atoms with Gasteiger partial charge in [0.15, 0.2) is 0 Å². The summed E-state index contributed by atoms with van der Waals surface area (Å²) in [5, 5.41) is 3.23. The van der Waals surface area contributed by atoms with Crippen LogP contribution in [0.1, 0.15) is 10.4 Å². The van der Waals surface area contributed by atoms with Gasteiger partial charge in [0.25, 0.3) is 5.91 Å². The van der Waals surface area contributed by atoms with Crippen molar-refractivity contribution in [3.63, 3.8) is 0 Å². The molecule has 0 radical (unpaired) electrons. The van der Waals surface area contributed by atoms with E-state index in [1.165, 1.54) is 0 Å². The maximum Gasteiger partial charge on any atom is 0.259 e. The van der Waals surface area contributed by atoms with Crippen LogP contribution >= 0.6 is 39.1 Å². The Morgan fingerprint density at radius 1 is 1.22 bits per heavy atom. The molecule has 0 aliphatic rings. The van der Waals surface area contributed by atoms with Crippen LogP contribution in [0.25, 0.3) is 0 Å². The number of pyridine rings is 1. The molecule has 2 rings (SSSR count). The van der Waals surface area contributed by atoms with Crippen molar-refractivity contribution in [3.8, 4) is 0 Å². The van der Waals surface area contributed by atoms with E-state index in [0.29, 0.717) is 15.9 Å². The zero-order valence-corrected chi connectivity index (χ0v) is 12.1. The highest BCUT2D eigenvalue weighted by Gasteiger charge is 2.14. The number of benzene rings is 1. The molecular formula is C12H7BrCl2N2O. The van der Waals surface area contributed by atoms with E-state index in [2.05, 4.69) is 26.2 Å². The van der Waals surface area contributed by atoms with E-state index in [1.54, 1.807) is 36.5 Å². The van der Waals surface area contributed by atoms with Crippen LogP contribution in [0.15, 0.2) is 41.0 Å². The van der Waals surface area contributed by atoms with Crippen molar-refractivity contribution in [1.82, 2.24) is 4.98 Å². The topological polar surface area (TPSA) is 42.0 Å². The fraction of sp³-hybridized carbons (Fsp3) is 0. The van der Waals surface area contributed by atoms with Crippen molar-refractivity contribution in [1.29, 1.82) is 0 Å². The zero-order valence-electron chi connectivity index (χ0n) is 8.95. The van der Waals surface area contributed by atoms with Gasteiger partial charge in [-0.1, -0.05) is 45.2 Å². The van der Waals surface area contributed by atoms with Crippen LogP contribution in [0, 0.1) is 0 Å². The van der Waals surface area contributed by atoms with Gasteiger partial charge in [0, 0.05) is 10.7 Å². The lowest BCUT2D eigenvalue weighted by atomic mass is 10.2. The third kappa shape index (κ3) is 3.02. The second-order valence-corrected chi connectivity index (χ2v) is 5.14. The summed E-state index contributed by atoms with van der Waals surface area (Å²) in [6.07, 6.45) is 1.58. The van der Waals surface area contributed by atoms with Gasteiger partial charge in [0.2, 0.25) is 0 Å². The Hall–Kier alpha value is -1.10. The van der Waals surface area contributed by atoms with Gasteiger partial charge in [-0.2, -0.15) is 0 Å². The van der Waals surface area contributed by atoms with Crippen molar-refractivity contribution in [2.45, 2.75) is 0 Å². The Balaban J connectivity index is 2.28. The van der Waals surface area contributed by atoms with Crippen molar-refractivity contribution in [2.24, 2.45) is 0 Å². The molecule has 0 saturated heterocycles. The minimum absolute atomic E-state index is 0.239. The molecule has 3 nitrogen and oxygen atoms in total. The molecule has 1 aromatic heterocycles. The second-order valence-electron chi connectivity index (χ2n) is 3.41. The van der Waals surface area contributed by atoms with Crippen molar-refractivity contribution >= 4 is 50.9 Å². The molecule has 92 valence electrons. The van der Waals surface area contributed by atoms with Crippen molar-refractivity contribution in [2.75, 3.05) is 5.32 Å². The molecule has 0 fully saturated rings. The lowest BCUT2D eigenvalue weighted by molar-refractivity contribution is 0.102. The number of halogens is 3. The molecule has 0 aliphatic carbocycles. The summed E-state index contributed by atoms with van der Waals surface area (Å²) in [6, 6.07) is 8.34. The minimum Gasteiger partial charge on any atom is -0.306 e. The summed E-state index contributed by atoms with van der Waals surface area (Å²) < 4.78 is 0.818. The highest BCUT2D eigenvalue weighted by Crippen LogP contribution is 2.25. The van der Waals surface area contributed by atoms with E-state index >= 15 is 0 Å². The first-order chi connectivity index (χ1) is 8.58. The van der Waals surface area contributed by atoms with Gasteiger partial charge >= 0.3 is 0 Å². The van der Waals surface area contributed by atoms with Crippen LogP contribution in [0.4, 0.5) is 5.82 Å². The molecule has 0 atom stereocenters. The van der Waals surface area contributed by atoms with Crippen LogP contribution in [0.2, 0.25) is 10.0 Å². The van der Waals surface area contributed by atoms with Crippen LogP contribution in [-0.4, -0.2) is 10.9 Å². The van der Waals surface area contributed by atoms with Crippen LogP contribution in [-0.2, 0) is 0 Å². The molecule has 0 spiro atoms. The first kappa shape index (κ1) is 13.3. The Bertz CT molecular complexity index is 584. The Kier molecular flexibility index (Phi) is 4.22. The van der Waals surface area contributed by atoms with Crippen LogP contribution < -0.4 is 5.32 Å². The number of anilines is 1. The smallest absolute Gasteiger partial charge is 0.259 e. The first-order valence-corrected chi connectivity index (χ1v) is 6.50. The predicted octanol–water partition coefficient (Wildman–Crippen LogP) is 4.40. The van der Waals surface area contributed by atoms with E-state index in [0.717, 1.165) is 4.47 Å². The Labute approximate surface area is 122 Å². The molecule has 0 aliphatic heterocycles. The average Bonchev–Trinajstić information content (AvgIpc) is 2.28. The zero-order chi connectivity index (χ0) is 13.1. The van der Waals surface area contributed by atoms with Gasteiger partial charge in [-0.25, -0.2) is 4.98 Å². The monoisotopic (exact) mass is 344 g/mol. The molecule has 18 heavy (non-hydrogen) atoms. The molecular weight excluding hydrogens is 339 g/mol. The number of amides is 1. The number of aromatic nitrogens is 1. The summed E-state index contributed by atoms with van der Waals surface area (Å²) in [5.41, 5.74) is 0.239. The first-order valence-electron chi connectivity index (χ1n) is 4.95. The van der Waals surface area contributed by atoms with Gasteiger partial charge in [-0.05, 0) is 24.3 Å². The van der Waals surface area contributed by atoms with Crippen LogP contribution in [0.5, 0.6) is 0 Å². The maximum atomic E-state index is 12.0. The standard InChI is InChI=1S/C12H7BrCl2N2O/c13-7-4-5-16-10(6-7)17-12(18)11-8(14)2-1-3-9(11)15/h1-6H,(H,16,17,18). The lowest BCUT2D eigenvalue weighted by Gasteiger charge is -2.07. The van der Waals surface area contributed by atoms with Crippen molar-refractivity contribution in [3.05, 3.63) is 56.6 Å². The molecule has 1 heterocycles. The normalized spacial score (nSPS) is 10.2. The summed E-state index contributed by atoms with van der Waals surface area (Å²) in [5.74, 6) is 0.0292. The average molecular weight is 346 g/mol. The summed E-state index contributed by atoms with van der Waals surface area (Å²) >= 11 is 15.2. The Morgan fingerprint density at radius 2 is 1.89 bits per heavy atom. The van der Waals surface area contributed by atoms with E-state index < -0.39 is 5.91 Å². The van der Waals surface area contributed by atoms with Crippen LogP contribution in [0.3, 0.4) is 0 Å². The number of nitrogens with one attached hydrogen (secondary N) is 1. The summed E-state index contributed by atoms with van der Waals surface area (Å²) in [7, 11) is 0. The van der Waals surface area contributed by atoms with Crippen molar-refractivity contribution < 1.29 is 4.79 Å².